The molecule has 3 N–H and O–H groups in total. The molecule has 0 aliphatic carbocycles. The third kappa shape index (κ3) is 23.6. The Balaban J connectivity index is -0.0000000400. The van der Waals surface area contributed by atoms with E-state index in [0.717, 1.165) is 0 Å². The lowest BCUT2D eigenvalue weighted by molar-refractivity contribution is -0.284. The second-order valence-corrected chi connectivity index (χ2v) is 0.150. The van der Waals surface area contributed by atoms with Crippen LogP contribution in [-0.2, 0) is 0 Å². The van der Waals surface area contributed by atoms with Crippen LogP contribution in [0.1, 0.15) is 0 Å². The van der Waals surface area contributed by atoms with E-state index < -0.39 is 0 Å². The van der Waals surface area contributed by atoms with Crippen LogP contribution in [-0.4, -0.2) is 10.7 Å². The fourth-order valence-electron chi connectivity index (χ4n) is 0. The quantitative estimate of drug-likeness (QED) is 0.171. The highest BCUT2D eigenvalue weighted by Gasteiger charge is 1.27. The first-order chi connectivity index (χ1) is 2.83. The van der Waals surface area contributed by atoms with Gasteiger partial charge < -0.3 is 10.7 Å². The number of hydrogen-bond acceptors (Lipinski definition) is 4. The van der Waals surface area contributed by atoms with Gasteiger partial charge in [-0.25, -0.2) is 0 Å². The largest absolute Gasteiger partial charge is 0.412 e. The molecule has 0 heterocycles. The van der Waals surface area contributed by atoms with Gasteiger partial charge in [0.25, 0.3) is 0 Å². The zero-order chi connectivity index (χ0) is 5.41. The van der Waals surface area contributed by atoms with E-state index in [0.29, 0.717) is 0 Å². The fraction of sp³-hybridized carbons (Fsp3) is 0. The molecule has 0 unspecified atom stereocenters. The molecule has 7 heavy (non-hydrogen) atoms. The highest BCUT2D eigenvalue weighted by molar-refractivity contribution is 4.20. The molecule has 7 heteroatoms. The summed E-state index contributed by atoms with van der Waals surface area (Å²) < 4.78 is 1.75. The van der Waals surface area contributed by atoms with Gasteiger partial charge in [0.05, 0.1) is 0 Å². The molecule has 0 amide bonds. The lowest BCUT2D eigenvalue weighted by Gasteiger charge is -1.32. The lowest BCUT2D eigenvalue weighted by Crippen LogP contribution is -1.82. The molecule has 0 aromatic heterocycles. The zero-order valence-corrected chi connectivity index (χ0v) is 3.03. The maximum absolute atomic E-state index is 8.11. The standard InChI is InChI=1S/HNO2.O3.H2O/c2-1-3;1-3-2;/h(H,2,3);;1H2. The SMILES string of the molecule is O.O=NO.O=[O+][O-]. The summed E-state index contributed by atoms with van der Waals surface area (Å²) in [6.45, 7) is 0. The summed E-state index contributed by atoms with van der Waals surface area (Å²) in [7, 11) is 0. The molecule has 0 aromatic carbocycles. The molecule has 0 fully saturated rings. The van der Waals surface area contributed by atoms with E-state index in [1.165, 1.54) is 5.34 Å². The Hall–Kier alpha value is -1.24. The van der Waals surface area contributed by atoms with Crippen LogP contribution in [0.25, 0.3) is 0 Å². The van der Waals surface area contributed by atoms with E-state index in [1.54, 1.807) is 4.75 Å². The van der Waals surface area contributed by atoms with Gasteiger partial charge >= 0.3 is 0 Å². The molecular weight excluding hydrogens is 110 g/mol. The van der Waals surface area contributed by atoms with Crippen LogP contribution in [0.15, 0.2) is 5.34 Å². The minimum atomic E-state index is 0. The van der Waals surface area contributed by atoms with Gasteiger partial charge in [0.1, 0.15) is 0 Å². The lowest BCUT2D eigenvalue weighted by atomic mass is 13.4. The molecule has 0 rings (SSSR count). The molecule has 0 bridgehead atoms. The topological polar surface area (TPSA) is 133 Å². The van der Waals surface area contributed by atoms with E-state index in [9.17, 15) is 0 Å². The Morgan fingerprint density at radius 1 is 1.71 bits per heavy atom. The summed E-state index contributed by atoms with van der Waals surface area (Å²) in [6.07, 6.45) is 0. The minimum Gasteiger partial charge on any atom is -0.412 e. The summed E-state index contributed by atoms with van der Waals surface area (Å²) in [5.41, 5.74) is 0. The second-order valence-electron chi connectivity index (χ2n) is 0.150. The van der Waals surface area contributed by atoms with E-state index in [-0.39, 0.29) is 5.48 Å². The Morgan fingerprint density at radius 3 is 1.71 bits per heavy atom. The van der Waals surface area contributed by atoms with Gasteiger partial charge in [-0.15, -0.1) is 4.91 Å². The van der Waals surface area contributed by atoms with Crippen molar-refractivity contribution >= 4 is 0 Å². The summed E-state index contributed by atoms with van der Waals surface area (Å²) >= 11 is 0. The van der Waals surface area contributed by atoms with Gasteiger partial charge in [0, 0.05) is 0 Å². The number of nitrogens with zero attached hydrogens (tertiary/aromatic N) is 1. The fourth-order valence-corrected chi connectivity index (χ4v) is 0. The summed E-state index contributed by atoms with van der Waals surface area (Å²) in [6, 6.07) is 0. The summed E-state index contributed by atoms with van der Waals surface area (Å²) in [5.74, 6) is 0. The normalized spacial score (nSPS) is 3.43. The van der Waals surface area contributed by atoms with Crippen LogP contribution >= 0.6 is 0 Å². The maximum atomic E-state index is 8.11. The van der Waals surface area contributed by atoms with Crippen LogP contribution < -0.4 is 5.26 Å². The Morgan fingerprint density at radius 2 is 1.71 bits per heavy atom. The van der Waals surface area contributed by atoms with E-state index in [4.69, 9.17) is 20.3 Å². The van der Waals surface area contributed by atoms with Crippen molar-refractivity contribution in [2.75, 3.05) is 0 Å². The van der Waals surface area contributed by atoms with E-state index in [2.05, 4.69) is 0 Å². The van der Waals surface area contributed by atoms with Crippen molar-refractivity contribution < 1.29 is 15.9 Å². The molecule has 7 nitrogen and oxygen atoms in total. The Kier molecular flexibility index (Phi) is 285. The van der Waals surface area contributed by atoms with Gasteiger partial charge in [-0.1, -0.05) is 10.2 Å². The third-order valence-corrected chi connectivity index (χ3v) is 0. The van der Waals surface area contributed by atoms with Crippen LogP contribution in [0.2, 0.25) is 0 Å². The molecule has 0 aliphatic rings. The highest BCUT2D eigenvalue weighted by Crippen LogP contribution is 1.25. The van der Waals surface area contributed by atoms with Crippen molar-refractivity contribution in [2.45, 2.75) is 0 Å². The van der Waals surface area contributed by atoms with E-state index >= 15 is 0 Å². The van der Waals surface area contributed by atoms with E-state index in [1.807, 2.05) is 0 Å². The molecule has 0 radical (unpaired) electrons. The van der Waals surface area contributed by atoms with Crippen molar-refractivity contribution in [3.63, 3.8) is 0 Å². The molecule has 0 atom stereocenters. The number of hydrogen-bond donors (Lipinski definition) is 1. The predicted octanol–water partition coefficient (Wildman–Crippen LogP) is -1.80. The summed E-state index contributed by atoms with van der Waals surface area (Å²) in [5, 5.41) is 15.8. The third-order valence-electron chi connectivity index (χ3n) is 0. The van der Waals surface area contributed by atoms with Crippen molar-refractivity contribution in [2.24, 2.45) is 5.34 Å². The smallest absolute Gasteiger partial charge is 0.154 e. The van der Waals surface area contributed by atoms with Crippen LogP contribution in [0.3, 0.4) is 0 Å². The first-order valence-corrected chi connectivity index (χ1v) is 0.716. The van der Waals surface area contributed by atoms with Gasteiger partial charge in [-0.3, -0.25) is 0 Å². The molecule has 0 spiro atoms. The zero-order valence-electron chi connectivity index (χ0n) is 3.03. The predicted molar refractivity (Wildman–Crippen MR) is 17.9 cm³/mol. The Bertz CT molecular complexity index is 25.2. The van der Waals surface area contributed by atoms with Crippen LogP contribution in [0, 0.1) is 14.6 Å². The van der Waals surface area contributed by atoms with Crippen LogP contribution in [0.5, 0.6) is 0 Å². The average Bonchev–Trinajstić information content (AvgIpc) is 1.39. The Labute approximate surface area is 37.3 Å². The van der Waals surface area contributed by atoms with Gasteiger partial charge in [0.15, 0.2) is 10.1 Å². The van der Waals surface area contributed by atoms with Crippen LogP contribution in [0.4, 0.5) is 0 Å². The van der Waals surface area contributed by atoms with Gasteiger partial charge in [-0.2, -0.15) is 0 Å². The molecule has 0 saturated heterocycles. The van der Waals surface area contributed by atoms with Crippen molar-refractivity contribution in [3.05, 3.63) is 14.6 Å². The molecule has 0 aliphatic heterocycles. The van der Waals surface area contributed by atoms with Gasteiger partial charge in [-0.05, 0) is 0 Å². The summed E-state index contributed by atoms with van der Waals surface area (Å²) in [4.78, 5) is 16.0. The monoisotopic (exact) mass is 113 g/mol. The average molecular weight is 113 g/mol. The molecular formula is H3NO6. The molecule has 0 aromatic rings. The molecule has 44 valence electrons. The van der Waals surface area contributed by atoms with Crippen molar-refractivity contribution in [3.8, 4) is 0 Å². The molecule has 0 saturated carbocycles. The number of rotatable bonds is 0. The first kappa shape index (κ1) is 17.1. The highest BCUT2D eigenvalue weighted by atomic mass is 17.2. The minimum absolute atomic E-state index is 0. The van der Waals surface area contributed by atoms with Gasteiger partial charge in [0.2, 0.25) is 0 Å². The second kappa shape index (κ2) is 117. The van der Waals surface area contributed by atoms with Crippen molar-refractivity contribution in [1.29, 1.82) is 0 Å². The van der Waals surface area contributed by atoms with Crippen molar-refractivity contribution in [1.82, 2.24) is 0 Å². The first-order valence-electron chi connectivity index (χ1n) is 0.716. The maximum Gasteiger partial charge on any atom is 0.154 e.